The first-order valence-corrected chi connectivity index (χ1v) is 12.3. The van der Waals surface area contributed by atoms with E-state index >= 15 is 0 Å². The summed E-state index contributed by atoms with van der Waals surface area (Å²) in [5, 5.41) is 5.58. The van der Waals surface area contributed by atoms with Crippen LogP contribution < -0.4 is 4.90 Å². The number of fused-ring (bicyclic) bond motifs is 1. The van der Waals surface area contributed by atoms with Gasteiger partial charge in [-0.15, -0.1) is 0 Å². The van der Waals surface area contributed by atoms with Gasteiger partial charge in [-0.05, 0) is 62.2 Å². The first-order chi connectivity index (χ1) is 17.4. The predicted octanol–water partition coefficient (Wildman–Crippen LogP) is 4.71. The highest BCUT2D eigenvalue weighted by molar-refractivity contribution is 5.94. The molecule has 1 fully saturated rings. The maximum Gasteiger partial charge on any atom is 0.254 e. The van der Waals surface area contributed by atoms with Crippen LogP contribution in [0.3, 0.4) is 0 Å². The molecular weight excluding hydrogens is 462 g/mol. The quantitative estimate of drug-likeness (QED) is 0.406. The van der Waals surface area contributed by atoms with Crippen molar-refractivity contribution in [3.8, 4) is 5.69 Å². The Labute approximate surface area is 208 Å². The van der Waals surface area contributed by atoms with Gasteiger partial charge in [-0.1, -0.05) is 13.0 Å². The summed E-state index contributed by atoms with van der Waals surface area (Å²) in [7, 11) is 0. The van der Waals surface area contributed by atoms with Crippen LogP contribution in [-0.4, -0.2) is 56.7 Å². The zero-order valence-corrected chi connectivity index (χ0v) is 20.4. The molecule has 36 heavy (non-hydrogen) atoms. The lowest BCUT2D eigenvalue weighted by Gasteiger charge is -2.24. The fraction of sp³-hybridized carbons (Fsp3) is 0.333. The average molecular weight is 491 g/mol. The molecule has 0 saturated carbocycles. The number of carbonyl (C=O) groups excluding carboxylic acids is 1. The molecule has 0 spiro atoms. The number of hydrogen-bond acceptors (Lipinski definition) is 5. The van der Waals surface area contributed by atoms with E-state index in [0.717, 1.165) is 41.3 Å². The number of benzene rings is 2. The number of hydrogen-bond donors (Lipinski definition) is 0. The van der Waals surface area contributed by atoms with E-state index in [1.54, 1.807) is 33.8 Å². The highest BCUT2D eigenvalue weighted by Gasteiger charge is 2.25. The van der Waals surface area contributed by atoms with Crippen LogP contribution in [0.4, 0.5) is 14.6 Å². The van der Waals surface area contributed by atoms with Crippen LogP contribution in [0, 0.1) is 18.6 Å². The average Bonchev–Trinajstić information content (AvgIpc) is 3.04. The lowest BCUT2D eigenvalue weighted by Crippen LogP contribution is -2.35. The minimum absolute atomic E-state index is 0.170. The summed E-state index contributed by atoms with van der Waals surface area (Å²) in [6.45, 7) is 6.38. The van der Waals surface area contributed by atoms with Gasteiger partial charge < -0.3 is 9.80 Å². The summed E-state index contributed by atoms with van der Waals surface area (Å²) in [6.07, 6.45) is 2.36. The van der Waals surface area contributed by atoms with Gasteiger partial charge in [0.05, 0.1) is 16.8 Å². The Kier molecular flexibility index (Phi) is 6.63. The number of nitrogens with zero attached hydrogens (tertiary/aromatic N) is 6. The molecule has 4 aromatic rings. The highest BCUT2D eigenvalue weighted by atomic mass is 19.1. The number of aryl methyl sites for hydroxylation is 2. The van der Waals surface area contributed by atoms with Crippen molar-refractivity contribution in [1.29, 1.82) is 0 Å². The molecule has 3 heterocycles. The van der Waals surface area contributed by atoms with Crippen molar-refractivity contribution in [2.45, 2.75) is 33.1 Å². The largest absolute Gasteiger partial charge is 0.354 e. The third-order valence-electron chi connectivity index (χ3n) is 6.43. The summed E-state index contributed by atoms with van der Waals surface area (Å²) < 4.78 is 29.0. The summed E-state index contributed by atoms with van der Waals surface area (Å²) >= 11 is 0. The third kappa shape index (κ3) is 4.65. The maximum atomic E-state index is 13.7. The Morgan fingerprint density at radius 1 is 0.972 bits per heavy atom. The van der Waals surface area contributed by atoms with Crippen LogP contribution in [-0.2, 0) is 6.42 Å². The molecule has 0 radical (unpaired) electrons. The molecule has 186 valence electrons. The topological polar surface area (TPSA) is 67.2 Å². The van der Waals surface area contributed by atoms with E-state index in [9.17, 15) is 13.6 Å². The first-order valence-electron chi connectivity index (χ1n) is 12.3. The van der Waals surface area contributed by atoms with E-state index in [1.807, 2.05) is 6.92 Å². The van der Waals surface area contributed by atoms with Crippen molar-refractivity contribution < 1.29 is 13.6 Å². The molecule has 1 amide bonds. The SMILES string of the molecule is CCCc1nc(N2CCCN(C(=O)c3cccc(F)c3)CC2)c2c(C)nn(-c3ccc(F)cc3)c2n1. The lowest BCUT2D eigenvalue weighted by molar-refractivity contribution is 0.0766. The van der Waals surface area contributed by atoms with Crippen LogP contribution >= 0.6 is 0 Å². The molecule has 1 saturated heterocycles. The minimum Gasteiger partial charge on any atom is -0.354 e. The molecule has 2 aromatic carbocycles. The fourth-order valence-corrected chi connectivity index (χ4v) is 4.67. The van der Waals surface area contributed by atoms with Crippen LogP contribution in [0.5, 0.6) is 0 Å². The van der Waals surface area contributed by atoms with Crippen LogP contribution in [0.1, 0.15) is 41.6 Å². The third-order valence-corrected chi connectivity index (χ3v) is 6.43. The lowest BCUT2D eigenvalue weighted by atomic mass is 10.2. The molecule has 9 heteroatoms. The second-order valence-electron chi connectivity index (χ2n) is 9.03. The summed E-state index contributed by atoms with van der Waals surface area (Å²) in [5.41, 5.74) is 2.55. The minimum atomic E-state index is -0.419. The van der Waals surface area contributed by atoms with Crippen molar-refractivity contribution >= 4 is 22.8 Å². The molecule has 1 aliphatic rings. The second-order valence-corrected chi connectivity index (χ2v) is 9.03. The molecule has 0 bridgehead atoms. The van der Waals surface area contributed by atoms with E-state index in [2.05, 4.69) is 11.8 Å². The number of halogens is 2. The first kappa shape index (κ1) is 23.8. The molecule has 2 aromatic heterocycles. The van der Waals surface area contributed by atoms with Gasteiger partial charge >= 0.3 is 0 Å². The van der Waals surface area contributed by atoms with Crippen molar-refractivity contribution in [2.75, 3.05) is 31.1 Å². The Morgan fingerprint density at radius 2 is 1.78 bits per heavy atom. The van der Waals surface area contributed by atoms with Crippen molar-refractivity contribution in [3.05, 3.63) is 77.2 Å². The van der Waals surface area contributed by atoms with Gasteiger partial charge in [-0.2, -0.15) is 5.10 Å². The zero-order chi connectivity index (χ0) is 25.2. The number of anilines is 1. The maximum absolute atomic E-state index is 13.7. The van der Waals surface area contributed by atoms with E-state index in [1.165, 1.54) is 24.3 Å². The second kappa shape index (κ2) is 10.0. The van der Waals surface area contributed by atoms with Gasteiger partial charge in [-0.25, -0.2) is 23.4 Å². The number of amides is 1. The van der Waals surface area contributed by atoms with Gasteiger partial charge in [0.1, 0.15) is 23.3 Å². The predicted molar refractivity (Wildman–Crippen MR) is 134 cm³/mol. The number of carbonyl (C=O) groups is 1. The summed E-state index contributed by atoms with van der Waals surface area (Å²) in [5.74, 6) is 0.624. The molecule has 7 nitrogen and oxygen atoms in total. The van der Waals surface area contributed by atoms with Crippen LogP contribution in [0.25, 0.3) is 16.7 Å². The van der Waals surface area contributed by atoms with Gasteiger partial charge in [0.15, 0.2) is 5.65 Å². The number of rotatable bonds is 5. The Balaban J connectivity index is 1.49. The molecule has 5 rings (SSSR count). The Morgan fingerprint density at radius 3 is 2.53 bits per heavy atom. The smallest absolute Gasteiger partial charge is 0.254 e. The normalized spacial score (nSPS) is 14.3. The van der Waals surface area contributed by atoms with Crippen molar-refractivity contribution in [2.24, 2.45) is 0 Å². The van der Waals surface area contributed by atoms with Gasteiger partial charge in [0, 0.05) is 38.2 Å². The number of aromatic nitrogens is 4. The molecule has 0 atom stereocenters. The van der Waals surface area contributed by atoms with E-state index in [4.69, 9.17) is 15.1 Å². The molecule has 0 aliphatic carbocycles. The Hall–Kier alpha value is -3.88. The highest BCUT2D eigenvalue weighted by Crippen LogP contribution is 2.30. The van der Waals surface area contributed by atoms with Gasteiger partial charge in [0.2, 0.25) is 0 Å². The van der Waals surface area contributed by atoms with Crippen molar-refractivity contribution in [1.82, 2.24) is 24.6 Å². The summed E-state index contributed by atoms with van der Waals surface area (Å²) in [4.78, 5) is 26.7. The standard InChI is InChI=1S/C27H28F2N6O/c1-3-6-23-30-25(24-18(2)32-35(26(24)31-23)22-11-9-20(28)10-12-22)33-13-5-14-34(16-15-33)27(36)19-7-4-8-21(29)17-19/h4,7-12,17H,3,5-6,13-16H2,1-2H3. The van der Waals surface area contributed by atoms with Crippen molar-refractivity contribution in [3.63, 3.8) is 0 Å². The van der Waals surface area contributed by atoms with E-state index in [0.29, 0.717) is 43.8 Å². The van der Waals surface area contributed by atoms with E-state index < -0.39 is 5.82 Å². The van der Waals surface area contributed by atoms with Crippen LogP contribution in [0.2, 0.25) is 0 Å². The molecular formula is C27H28F2N6O. The zero-order valence-electron chi connectivity index (χ0n) is 20.4. The van der Waals surface area contributed by atoms with E-state index in [-0.39, 0.29) is 11.7 Å². The Bertz CT molecular complexity index is 1400. The summed E-state index contributed by atoms with van der Waals surface area (Å²) in [6, 6.07) is 12.0. The monoisotopic (exact) mass is 490 g/mol. The molecule has 0 N–H and O–H groups in total. The molecule has 1 aliphatic heterocycles. The fourth-order valence-electron chi connectivity index (χ4n) is 4.67. The van der Waals surface area contributed by atoms with Gasteiger partial charge in [-0.3, -0.25) is 4.79 Å². The van der Waals surface area contributed by atoms with Gasteiger partial charge in [0.25, 0.3) is 5.91 Å². The molecule has 0 unspecified atom stereocenters. The van der Waals surface area contributed by atoms with Crippen LogP contribution in [0.15, 0.2) is 48.5 Å².